The van der Waals surface area contributed by atoms with Crippen LogP contribution in [0.5, 0.6) is 5.75 Å². The van der Waals surface area contributed by atoms with Crippen molar-refractivity contribution in [1.29, 1.82) is 0 Å². The first kappa shape index (κ1) is 19.1. The van der Waals surface area contributed by atoms with Crippen LogP contribution < -0.4 is 10.1 Å². The summed E-state index contributed by atoms with van der Waals surface area (Å²) in [6.07, 6.45) is 0. The summed E-state index contributed by atoms with van der Waals surface area (Å²) in [5, 5.41) is 4.02. The van der Waals surface area contributed by atoms with E-state index in [1.54, 1.807) is 12.0 Å². The van der Waals surface area contributed by atoms with Crippen molar-refractivity contribution in [3.63, 3.8) is 0 Å². The number of aromatic nitrogens is 1. The van der Waals surface area contributed by atoms with Crippen LogP contribution in [0.25, 0.3) is 10.9 Å². The highest BCUT2D eigenvalue weighted by Crippen LogP contribution is 2.32. The summed E-state index contributed by atoms with van der Waals surface area (Å²) >= 11 is 0. The first-order valence-electron chi connectivity index (χ1n) is 9.80. The van der Waals surface area contributed by atoms with Gasteiger partial charge in [-0.15, -0.1) is 0 Å². The van der Waals surface area contributed by atoms with E-state index in [-0.39, 0.29) is 11.8 Å². The van der Waals surface area contributed by atoms with Crippen LogP contribution in [-0.4, -0.2) is 40.5 Å². The van der Waals surface area contributed by atoms with Gasteiger partial charge >= 0.3 is 0 Å². The summed E-state index contributed by atoms with van der Waals surface area (Å²) < 4.78 is 7.34. The molecule has 0 saturated heterocycles. The second kappa shape index (κ2) is 7.28. The zero-order valence-corrected chi connectivity index (χ0v) is 16.9. The van der Waals surface area contributed by atoms with Gasteiger partial charge in [-0.25, -0.2) is 0 Å². The van der Waals surface area contributed by atoms with Gasteiger partial charge in [-0.05, 0) is 32.0 Å². The van der Waals surface area contributed by atoms with Crippen LogP contribution in [-0.2, 0) is 17.9 Å². The molecule has 0 saturated carbocycles. The van der Waals surface area contributed by atoms with Crippen LogP contribution in [0.2, 0.25) is 0 Å². The summed E-state index contributed by atoms with van der Waals surface area (Å²) in [6.45, 7) is 4.95. The number of para-hydroxylation sites is 2. The van der Waals surface area contributed by atoms with Crippen LogP contribution in [0.1, 0.15) is 29.9 Å². The fourth-order valence-corrected chi connectivity index (χ4v) is 4.22. The van der Waals surface area contributed by atoms with Gasteiger partial charge in [0.05, 0.1) is 13.7 Å². The highest BCUT2D eigenvalue weighted by atomic mass is 16.5. The fourth-order valence-electron chi connectivity index (χ4n) is 4.22. The quantitative estimate of drug-likeness (QED) is 0.726. The molecule has 6 heteroatoms. The highest BCUT2D eigenvalue weighted by Gasteiger charge is 2.46. The third kappa shape index (κ3) is 3.05. The Morgan fingerprint density at radius 1 is 1.17 bits per heavy atom. The normalized spacial score (nSPS) is 18.6. The molecule has 6 nitrogen and oxygen atoms in total. The molecule has 1 aromatic heterocycles. The Morgan fingerprint density at radius 2 is 1.90 bits per heavy atom. The first-order valence-corrected chi connectivity index (χ1v) is 9.80. The van der Waals surface area contributed by atoms with E-state index in [4.69, 9.17) is 4.74 Å². The minimum Gasteiger partial charge on any atom is -0.496 e. The highest BCUT2D eigenvalue weighted by molar-refractivity contribution is 6.03. The Bertz CT molecular complexity index is 1090. The third-order valence-electron chi connectivity index (χ3n) is 5.77. The minimum atomic E-state index is -0.983. The molecule has 1 atom stereocenters. The van der Waals surface area contributed by atoms with E-state index in [2.05, 4.69) is 5.32 Å². The Hall–Kier alpha value is -3.28. The van der Waals surface area contributed by atoms with Crippen molar-refractivity contribution < 1.29 is 14.3 Å². The van der Waals surface area contributed by atoms with E-state index in [9.17, 15) is 9.59 Å². The van der Waals surface area contributed by atoms with Crippen molar-refractivity contribution in [2.24, 2.45) is 0 Å². The van der Waals surface area contributed by atoms with E-state index in [1.807, 2.05) is 73.0 Å². The van der Waals surface area contributed by atoms with Crippen molar-refractivity contribution in [2.45, 2.75) is 32.5 Å². The van der Waals surface area contributed by atoms with E-state index in [0.717, 1.165) is 22.2 Å². The summed E-state index contributed by atoms with van der Waals surface area (Å²) in [5.74, 6) is 0.427. The Balaban J connectivity index is 1.66. The molecular weight excluding hydrogens is 366 g/mol. The van der Waals surface area contributed by atoms with Crippen molar-refractivity contribution in [3.8, 4) is 5.75 Å². The lowest BCUT2D eigenvalue weighted by atomic mass is 9.94. The van der Waals surface area contributed by atoms with Gasteiger partial charge in [-0.3, -0.25) is 9.59 Å². The van der Waals surface area contributed by atoms with Crippen molar-refractivity contribution in [2.75, 3.05) is 13.7 Å². The Morgan fingerprint density at radius 3 is 2.66 bits per heavy atom. The molecule has 0 aliphatic carbocycles. The standard InChI is InChI=1S/C23H25N3O3/c1-4-26-21(27)19-13-16-9-5-7-11-18(16)25(19)15-23(26,2)22(28)24-14-17-10-6-8-12-20(17)29-3/h5-13H,4,14-15H2,1-3H3,(H,24,28)/t23-/m1/s1. The molecule has 29 heavy (non-hydrogen) atoms. The number of benzene rings is 2. The maximum Gasteiger partial charge on any atom is 0.271 e. The zero-order chi connectivity index (χ0) is 20.6. The largest absolute Gasteiger partial charge is 0.496 e. The zero-order valence-electron chi connectivity index (χ0n) is 16.9. The second-order valence-electron chi connectivity index (χ2n) is 7.49. The molecule has 1 aliphatic heterocycles. The van der Waals surface area contributed by atoms with Gasteiger partial charge in [0, 0.05) is 29.6 Å². The van der Waals surface area contributed by atoms with Crippen LogP contribution in [0.4, 0.5) is 0 Å². The van der Waals surface area contributed by atoms with Gasteiger partial charge in [0.15, 0.2) is 0 Å². The average Bonchev–Trinajstić information content (AvgIpc) is 3.11. The SMILES string of the molecule is CCN1C(=O)c2cc3ccccc3n2C[C@]1(C)C(=O)NCc1ccccc1OC. The predicted octanol–water partition coefficient (Wildman–Crippen LogP) is 3.20. The number of carbonyl (C=O) groups is 2. The number of amides is 2. The van der Waals surface area contributed by atoms with Crippen molar-refractivity contribution in [1.82, 2.24) is 14.8 Å². The van der Waals surface area contributed by atoms with E-state index in [0.29, 0.717) is 25.3 Å². The molecule has 2 aromatic carbocycles. The molecule has 150 valence electrons. The Labute approximate surface area is 170 Å². The van der Waals surface area contributed by atoms with Gasteiger partial charge in [-0.1, -0.05) is 36.4 Å². The van der Waals surface area contributed by atoms with Gasteiger partial charge in [0.1, 0.15) is 17.0 Å². The lowest BCUT2D eigenvalue weighted by molar-refractivity contribution is -0.132. The molecule has 0 unspecified atom stereocenters. The van der Waals surface area contributed by atoms with Gasteiger partial charge in [0.25, 0.3) is 5.91 Å². The number of likely N-dealkylation sites (N-methyl/N-ethyl adjacent to an activating group) is 1. The number of hydrogen-bond donors (Lipinski definition) is 1. The molecule has 3 aromatic rings. The number of ether oxygens (including phenoxy) is 1. The second-order valence-corrected chi connectivity index (χ2v) is 7.49. The summed E-state index contributed by atoms with van der Waals surface area (Å²) in [6, 6.07) is 17.4. The predicted molar refractivity (Wildman–Crippen MR) is 112 cm³/mol. The molecule has 4 rings (SSSR count). The van der Waals surface area contributed by atoms with Crippen LogP contribution in [0, 0.1) is 0 Å². The maximum atomic E-state index is 13.3. The minimum absolute atomic E-state index is 0.120. The molecular formula is C23H25N3O3. The van der Waals surface area contributed by atoms with E-state index in [1.165, 1.54) is 0 Å². The summed E-state index contributed by atoms with van der Waals surface area (Å²) in [4.78, 5) is 28.2. The molecule has 0 spiro atoms. The molecule has 1 aliphatic rings. The lowest BCUT2D eigenvalue weighted by Crippen LogP contribution is -2.63. The average molecular weight is 391 g/mol. The molecule has 0 fully saturated rings. The van der Waals surface area contributed by atoms with Gasteiger partial charge in [0.2, 0.25) is 5.91 Å². The van der Waals surface area contributed by atoms with Crippen molar-refractivity contribution >= 4 is 22.7 Å². The maximum absolute atomic E-state index is 13.3. The molecule has 0 radical (unpaired) electrons. The third-order valence-corrected chi connectivity index (χ3v) is 5.77. The number of nitrogens with one attached hydrogen (secondary N) is 1. The number of hydrogen-bond acceptors (Lipinski definition) is 3. The molecule has 2 heterocycles. The van der Waals surface area contributed by atoms with Crippen LogP contribution in [0.15, 0.2) is 54.6 Å². The molecule has 2 amide bonds. The van der Waals surface area contributed by atoms with Crippen LogP contribution >= 0.6 is 0 Å². The smallest absolute Gasteiger partial charge is 0.271 e. The number of methoxy groups -OCH3 is 1. The van der Waals surface area contributed by atoms with E-state index >= 15 is 0 Å². The number of fused-ring (bicyclic) bond motifs is 3. The fraction of sp³-hybridized carbons (Fsp3) is 0.304. The topological polar surface area (TPSA) is 63.6 Å². The van der Waals surface area contributed by atoms with Crippen molar-refractivity contribution in [3.05, 3.63) is 65.9 Å². The van der Waals surface area contributed by atoms with Gasteiger partial charge in [-0.2, -0.15) is 0 Å². The van der Waals surface area contributed by atoms with E-state index < -0.39 is 5.54 Å². The lowest BCUT2D eigenvalue weighted by Gasteiger charge is -2.43. The number of carbonyl (C=O) groups excluding carboxylic acids is 2. The molecule has 0 bridgehead atoms. The number of rotatable bonds is 5. The Kier molecular flexibility index (Phi) is 4.78. The van der Waals surface area contributed by atoms with Gasteiger partial charge < -0.3 is 19.5 Å². The molecule has 1 N–H and O–H groups in total. The number of nitrogens with zero attached hydrogens (tertiary/aromatic N) is 2. The van der Waals surface area contributed by atoms with Crippen LogP contribution in [0.3, 0.4) is 0 Å². The first-order chi connectivity index (χ1) is 14.0. The summed E-state index contributed by atoms with van der Waals surface area (Å²) in [5.41, 5.74) is 1.51. The summed E-state index contributed by atoms with van der Waals surface area (Å²) in [7, 11) is 1.61. The monoisotopic (exact) mass is 391 g/mol.